The summed E-state index contributed by atoms with van der Waals surface area (Å²) in [5, 5.41) is 3.35. The number of carbonyl (C=O) groups excluding carboxylic acids is 1. The monoisotopic (exact) mass is 687 g/mol. The molecule has 2 heterocycles. The number of hydrogen-bond acceptors (Lipinski definition) is 9. The maximum atomic E-state index is 13.2. The summed E-state index contributed by atoms with van der Waals surface area (Å²) in [5.41, 5.74) is 0.333. The molecule has 2 aromatic heterocycles. The molecule has 0 radical (unpaired) electrons. The summed E-state index contributed by atoms with van der Waals surface area (Å²) in [6.45, 7) is 22.2. The van der Waals surface area contributed by atoms with Crippen LogP contribution in [0.1, 0.15) is 89.5 Å². The fraction of sp³-hybridized carbons (Fsp3) is 0.424. The second-order valence-corrected chi connectivity index (χ2v) is 11.4. The van der Waals surface area contributed by atoms with Crippen molar-refractivity contribution in [2.45, 2.75) is 86.2 Å². The van der Waals surface area contributed by atoms with Gasteiger partial charge in [-0.05, 0) is 55.3 Å². The highest BCUT2D eigenvalue weighted by Crippen LogP contribution is 2.37. The lowest BCUT2D eigenvalue weighted by Gasteiger charge is -2.11. The van der Waals surface area contributed by atoms with Gasteiger partial charge in [0.25, 0.3) is 0 Å². The molecule has 3 aromatic rings. The van der Waals surface area contributed by atoms with Crippen LogP contribution in [-0.4, -0.2) is 27.6 Å². The van der Waals surface area contributed by atoms with Gasteiger partial charge in [-0.2, -0.15) is 13.2 Å². The van der Waals surface area contributed by atoms with Crippen LogP contribution < -0.4 is 5.32 Å². The highest BCUT2D eigenvalue weighted by atomic mass is 32.2. The standard InChI is InChI=1S/C26H26F3N3O2S2.C3H8.2C2H6.H2OS/c1-6-7-16(4)35-19-10-8-17(9-11-19)22-21(12-15(2)3)36-25(31-22)32-23-20(24(33)34-5)13-18(14-30-23)26(27,28)29;1-3-2;3*1-2/h6-11,13-15H,1,12H2,2-5H3,(H,30,31,32);3H2,1-2H3;2*1-2H3;1-2H/b16-7+;;;;. The lowest BCUT2D eigenvalue weighted by molar-refractivity contribution is -0.137. The second kappa shape index (κ2) is 24.4. The van der Waals surface area contributed by atoms with E-state index < -0.39 is 17.7 Å². The zero-order valence-electron chi connectivity index (χ0n) is 27.9. The maximum Gasteiger partial charge on any atom is 0.417 e. The van der Waals surface area contributed by atoms with Crippen molar-refractivity contribution in [3.8, 4) is 11.3 Å². The third-order valence-electron chi connectivity index (χ3n) is 4.90. The fourth-order valence-electron chi connectivity index (χ4n) is 3.29. The summed E-state index contributed by atoms with van der Waals surface area (Å²) in [7, 11) is 1.10. The average molecular weight is 688 g/mol. The molecule has 0 spiro atoms. The third-order valence-corrected chi connectivity index (χ3v) is 6.85. The van der Waals surface area contributed by atoms with E-state index in [-0.39, 0.29) is 11.4 Å². The molecule has 0 unspecified atom stereocenters. The Balaban J connectivity index is 0. The Morgan fingerprint density at radius 1 is 1.16 bits per heavy atom. The van der Waals surface area contributed by atoms with E-state index in [1.165, 1.54) is 17.8 Å². The van der Waals surface area contributed by atoms with Gasteiger partial charge in [-0.1, -0.05) is 104 Å². The number of pyridine rings is 1. The first-order valence-electron chi connectivity index (χ1n) is 14.6. The Morgan fingerprint density at radius 3 is 2.18 bits per heavy atom. The van der Waals surface area contributed by atoms with Gasteiger partial charge in [-0.25, -0.2) is 14.8 Å². The zero-order chi connectivity index (χ0) is 35.2. The van der Waals surface area contributed by atoms with Crippen LogP contribution in [0, 0.1) is 5.92 Å². The van der Waals surface area contributed by atoms with Crippen LogP contribution in [0.4, 0.5) is 24.1 Å². The summed E-state index contributed by atoms with van der Waals surface area (Å²) in [5.74, 6) is -0.625. The number of esters is 1. The van der Waals surface area contributed by atoms with E-state index >= 15 is 0 Å². The molecule has 0 saturated carbocycles. The molecule has 0 atom stereocenters. The Morgan fingerprint density at radius 2 is 1.71 bits per heavy atom. The van der Waals surface area contributed by atoms with Crippen LogP contribution in [-0.2, 0) is 17.3 Å². The zero-order valence-corrected chi connectivity index (χ0v) is 30.4. The van der Waals surface area contributed by atoms with Crippen molar-refractivity contribution in [2.75, 3.05) is 12.4 Å². The van der Waals surface area contributed by atoms with Gasteiger partial charge in [0.2, 0.25) is 0 Å². The average Bonchev–Trinajstić information content (AvgIpc) is 3.41. The van der Waals surface area contributed by atoms with Crippen molar-refractivity contribution in [1.82, 2.24) is 9.97 Å². The Labute approximate surface area is 281 Å². The van der Waals surface area contributed by atoms with E-state index in [9.17, 15) is 18.0 Å². The van der Waals surface area contributed by atoms with Crippen LogP contribution in [0.5, 0.6) is 0 Å². The number of ether oxygens (including phenoxy) is 1. The molecule has 0 aliphatic rings. The molecule has 0 fully saturated rings. The topological polar surface area (TPSA) is 84.3 Å². The number of alkyl halides is 3. The molecule has 0 amide bonds. The number of anilines is 2. The molecule has 12 heteroatoms. The molecule has 1 aromatic carbocycles. The fourth-order valence-corrected chi connectivity index (χ4v) is 5.30. The Kier molecular flexibility index (Phi) is 24.1. The molecule has 3 rings (SSSR count). The summed E-state index contributed by atoms with van der Waals surface area (Å²) >= 11 is 5.53. The van der Waals surface area contributed by atoms with Gasteiger partial charge in [0.1, 0.15) is 11.4 Å². The number of allylic oxidation sites excluding steroid dienone is 3. The number of thioether (sulfide) groups is 1. The van der Waals surface area contributed by atoms with Crippen molar-refractivity contribution >= 4 is 52.9 Å². The molecule has 252 valence electrons. The molecule has 2 N–H and O–H groups in total. The van der Waals surface area contributed by atoms with Crippen LogP contribution in [0.15, 0.2) is 65.1 Å². The predicted molar refractivity (Wildman–Crippen MR) is 190 cm³/mol. The number of thiol groups is 1. The van der Waals surface area contributed by atoms with Crippen molar-refractivity contribution < 1.29 is 27.3 Å². The normalized spacial score (nSPS) is 10.4. The van der Waals surface area contributed by atoms with Gasteiger partial charge in [-0.15, -0.1) is 11.3 Å². The first-order chi connectivity index (χ1) is 21.4. The lowest BCUT2D eigenvalue weighted by Crippen LogP contribution is -2.12. The quantitative estimate of drug-likeness (QED) is 0.0679. The molecule has 6 nitrogen and oxygen atoms in total. The van der Waals surface area contributed by atoms with Gasteiger partial charge in [0, 0.05) is 21.5 Å². The van der Waals surface area contributed by atoms with E-state index in [2.05, 4.69) is 62.2 Å². The maximum absolute atomic E-state index is 13.2. The predicted octanol–water partition coefficient (Wildman–Crippen LogP) is 12.0. The third kappa shape index (κ3) is 15.9. The molecule has 45 heavy (non-hydrogen) atoms. The Bertz CT molecular complexity index is 1290. The lowest BCUT2D eigenvalue weighted by atomic mass is 10.1. The van der Waals surface area contributed by atoms with E-state index in [0.29, 0.717) is 17.2 Å². The molecule has 0 bridgehead atoms. The Hall–Kier alpha value is -2.80. The van der Waals surface area contributed by atoms with Gasteiger partial charge in [0.15, 0.2) is 5.13 Å². The van der Waals surface area contributed by atoms with E-state index in [4.69, 9.17) is 9.54 Å². The number of rotatable bonds is 9. The smallest absolute Gasteiger partial charge is 0.417 e. The van der Waals surface area contributed by atoms with Crippen LogP contribution in [0.25, 0.3) is 11.3 Å². The molecular weight excluding hydrogens is 640 g/mol. The number of benzene rings is 1. The van der Waals surface area contributed by atoms with Crippen molar-refractivity contribution in [1.29, 1.82) is 0 Å². The first-order valence-corrected chi connectivity index (χ1v) is 16.7. The number of aromatic nitrogens is 2. The number of methoxy groups -OCH3 is 1. The first kappa shape index (κ1) is 44.3. The highest BCUT2D eigenvalue weighted by molar-refractivity contribution is 8.03. The number of nitrogens with zero attached hydrogens (tertiary/aromatic N) is 2. The minimum atomic E-state index is -4.64. The number of nitrogens with one attached hydrogen (secondary N) is 1. The van der Waals surface area contributed by atoms with Gasteiger partial charge >= 0.3 is 12.1 Å². The van der Waals surface area contributed by atoms with Crippen LogP contribution in [0.3, 0.4) is 0 Å². The summed E-state index contributed by atoms with van der Waals surface area (Å²) in [4.78, 5) is 24.0. The largest absolute Gasteiger partial charge is 0.465 e. The molecule has 0 aliphatic heterocycles. The molecule has 0 saturated heterocycles. The SMILES string of the molecule is C=C/C=C(\C)Sc1ccc(-c2nc(Nc3ncc(C(F)(F)F)cc3C(=O)OC)sc2CC(C)C)cc1.CC.CC.CCC.OS. The highest BCUT2D eigenvalue weighted by Gasteiger charge is 2.33. The second-order valence-electron chi connectivity index (χ2n) is 8.97. The van der Waals surface area contributed by atoms with Gasteiger partial charge in [0.05, 0.1) is 18.4 Å². The summed E-state index contributed by atoms with van der Waals surface area (Å²) in [6, 6.07) is 8.73. The summed E-state index contributed by atoms with van der Waals surface area (Å²) < 4.78 is 50.9. The molecule has 0 aliphatic carbocycles. The van der Waals surface area contributed by atoms with Gasteiger partial charge in [-0.3, -0.25) is 0 Å². The minimum Gasteiger partial charge on any atom is -0.465 e. The van der Waals surface area contributed by atoms with Crippen LogP contribution in [0.2, 0.25) is 0 Å². The van der Waals surface area contributed by atoms with E-state index in [1.807, 2.05) is 65.0 Å². The van der Waals surface area contributed by atoms with Crippen LogP contribution >= 0.6 is 36.0 Å². The van der Waals surface area contributed by atoms with Crippen molar-refractivity contribution in [2.24, 2.45) is 5.92 Å². The number of carbonyl (C=O) groups is 1. The number of thiazole rings is 1. The number of halogens is 3. The van der Waals surface area contributed by atoms with E-state index in [0.717, 1.165) is 45.5 Å². The minimum absolute atomic E-state index is 0.0533. The molecular formula is C33H48F3N3O3S3. The number of hydrogen-bond donors (Lipinski definition) is 3. The van der Waals surface area contributed by atoms with E-state index in [1.54, 1.807) is 17.8 Å². The summed E-state index contributed by atoms with van der Waals surface area (Å²) in [6.07, 6.45) is 1.73. The van der Waals surface area contributed by atoms with Gasteiger partial charge < -0.3 is 14.6 Å². The van der Waals surface area contributed by atoms with Crippen molar-refractivity contribution in [3.63, 3.8) is 0 Å². The van der Waals surface area contributed by atoms with Crippen molar-refractivity contribution in [3.05, 3.63) is 76.2 Å².